The first-order chi connectivity index (χ1) is 8.95. The van der Waals surface area contributed by atoms with Crippen molar-refractivity contribution in [3.8, 4) is 5.75 Å². The summed E-state index contributed by atoms with van der Waals surface area (Å²) in [6.07, 6.45) is -1.11. The van der Waals surface area contributed by atoms with Crippen LogP contribution in [0.25, 0.3) is 0 Å². The standard InChI is InChI=1S/C12H12F2O5/c13-8-12(14,18-9-4-2-1-3-5-9)19-11(17)7-6-10(15)16/h1-5H,6-8H2,(H,15,16). The van der Waals surface area contributed by atoms with Crippen LogP contribution in [-0.2, 0) is 14.3 Å². The molecule has 0 saturated heterocycles. The molecule has 0 aliphatic heterocycles. The molecule has 0 spiro atoms. The maximum Gasteiger partial charge on any atom is 0.439 e. The molecule has 0 fully saturated rings. The third kappa shape index (κ3) is 5.33. The minimum Gasteiger partial charge on any atom is -0.481 e. The SMILES string of the molecule is O=C(O)CCC(=O)OC(F)(CF)Oc1ccccc1. The summed E-state index contributed by atoms with van der Waals surface area (Å²) in [6.45, 7) is -1.71. The van der Waals surface area contributed by atoms with Crippen LogP contribution in [0.4, 0.5) is 8.78 Å². The van der Waals surface area contributed by atoms with Crippen LogP contribution in [0.2, 0.25) is 0 Å². The van der Waals surface area contributed by atoms with E-state index in [1.54, 1.807) is 6.07 Å². The predicted molar refractivity (Wildman–Crippen MR) is 59.8 cm³/mol. The van der Waals surface area contributed by atoms with Crippen molar-refractivity contribution in [2.75, 3.05) is 6.67 Å². The van der Waals surface area contributed by atoms with Crippen molar-refractivity contribution in [1.82, 2.24) is 0 Å². The van der Waals surface area contributed by atoms with Gasteiger partial charge in [0.25, 0.3) is 0 Å². The fourth-order valence-corrected chi connectivity index (χ4v) is 1.17. The quantitative estimate of drug-likeness (QED) is 0.608. The van der Waals surface area contributed by atoms with Gasteiger partial charge < -0.3 is 14.6 Å². The molecule has 1 unspecified atom stereocenters. The molecule has 0 aromatic heterocycles. The summed E-state index contributed by atoms with van der Waals surface area (Å²) >= 11 is 0. The Kier molecular flexibility index (Phi) is 5.23. The van der Waals surface area contributed by atoms with E-state index in [1.165, 1.54) is 24.3 Å². The third-order valence-electron chi connectivity index (χ3n) is 1.98. The number of rotatable bonds is 7. The number of hydrogen-bond acceptors (Lipinski definition) is 4. The van der Waals surface area contributed by atoms with Gasteiger partial charge in [0.1, 0.15) is 5.75 Å². The molecule has 0 aliphatic carbocycles. The van der Waals surface area contributed by atoms with E-state index < -0.39 is 37.5 Å². The van der Waals surface area contributed by atoms with E-state index in [0.717, 1.165) is 0 Å². The highest BCUT2D eigenvalue weighted by Gasteiger charge is 2.37. The minimum absolute atomic E-state index is 0.0197. The molecule has 1 aromatic carbocycles. The smallest absolute Gasteiger partial charge is 0.439 e. The van der Waals surface area contributed by atoms with Gasteiger partial charge in [-0.1, -0.05) is 18.2 Å². The largest absolute Gasteiger partial charge is 0.481 e. The van der Waals surface area contributed by atoms with Gasteiger partial charge in [-0.25, -0.2) is 4.39 Å². The van der Waals surface area contributed by atoms with Gasteiger partial charge >= 0.3 is 18.0 Å². The maximum absolute atomic E-state index is 13.8. The molecule has 0 radical (unpaired) electrons. The molecule has 0 aliphatic rings. The number of carboxylic acids is 1. The molecular weight excluding hydrogens is 262 g/mol. The summed E-state index contributed by atoms with van der Waals surface area (Å²) < 4.78 is 35.2. The lowest BCUT2D eigenvalue weighted by Gasteiger charge is -2.22. The van der Waals surface area contributed by atoms with Crippen molar-refractivity contribution in [3.05, 3.63) is 30.3 Å². The minimum atomic E-state index is -3.25. The van der Waals surface area contributed by atoms with Crippen LogP contribution in [-0.4, -0.2) is 29.8 Å². The van der Waals surface area contributed by atoms with Gasteiger partial charge in [-0.05, 0) is 12.1 Å². The maximum atomic E-state index is 13.8. The number of carboxylic acid groups (broad SMARTS) is 1. The second-order valence-corrected chi connectivity index (χ2v) is 3.58. The summed E-state index contributed by atoms with van der Waals surface area (Å²) in [5.74, 6) is -2.46. The molecule has 1 atom stereocenters. The van der Waals surface area contributed by atoms with Crippen molar-refractivity contribution in [2.24, 2.45) is 0 Å². The Morgan fingerprint density at radius 1 is 1.21 bits per heavy atom. The van der Waals surface area contributed by atoms with E-state index in [-0.39, 0.29) is 5.75 Å². The van der Waals surface area contributed by atoms with Crippen LogP contribution in [0, 0.1) is 0 Å². The van der Waals surface area contributed by atoms with Gasteiger partial charge in [0.05, 0.1) is 12.8 Å². The zero-order valence-electron chi connectivity index (χ0n) is 9.84. The first-order valence-corrected chi connectivity index (χ1v) is 5.38. The summed E-state index contributed by atoms with van der Waals surface area (Å²) in [6, 6.07) is 4.16. The molecular formula is C12H12F2O5. The molecule has 0 saturated carbocycles. The van der Waals surface area contributed by atoms with Gasteiger partial charge in [-0.2, -0.15) is 4.39 Å². The van der Waals surface area contributed by atoms with Gasteiger partial charge in [-0.3, -0.25) is 9.59 Å². The Balaban J connectivity index is 2.59. The molecule has 0 heterocycles. The van der Waals surface area contributed by atoms with E-state index >= 15 is 0 Å². The van der Waals surface area contributed by atoms with E-state index in [4.69, 9.17) is 5.11 Å². The van der Waals surface area contributed by atoms with E-state index in [0.29, 0.717) is 0 Å². The van der Waals surface area contributed by atoms with E-state index in [9.17, 15) is 18.4 Å². The average Bonchev–Trinajstić information content (AvgIpc) is 2.37. The molecule has 7 heteroatoms. The molecule has 0 amide bonds. The van der Waals surface area contributed by atoms with Crippen molar-refractivity contribution in [3.63, 3.8) is 0 Å². The fraction of sp³-hybridized carbons (Fsp3) is 0.333. The molecule has 1 N–H and O–H groups in total. The van der Waals surface area contributed by atoms with Crippen molar-refractivity contribution < 1.29 is 33.0 Å². The van der Waals surface area contributed by atoms with Crippen LogP contribution >= 0.6 is 0 Å². The summed E-state index contributed by atoms with van der Waals surface area (Å²) in [5.41, 5.74) is 0. The number of benzene rings is 1. The Labute approximate surface area is 107 Å². The van der Waals surface area contributed by atoms with Crippen molar-refractivity contribution in [2.45, 2.75) is 18.9 Å². The number of alkyl halides is 2. The number of halogens is 2. The topological polar surface area (TPSA) is 72.8 Å². The predicted octanol–water partition coefficient (Wildman–Crippen LogP) is 2.07. The number of esters is 1. The van der Waals surface area contributed by atoms with E-state index in [2.05, 4.69) is 9.47 Å². The van der Waals surface area contributed by atoms with Gasteiger partial charge in [-0.15, -0.1) is 0 Å². The normalized spacial score (nSPS) is 13.4. The molecule has 1 rings (SSSR count). The average molecular weight is 274 g/mol. The number of carbonyl (C=O) groups excluding carboxylic acids is 1. The second-order valence-electron chi connectivity index (χ2n) is 3.58. The monoisotopic (exact) mass is 274 g/mol. The van der Waals surface area contributed by atoms with Gasteiger partial charge in [0, 0.05) is 0 Å². The van der Waals surface area contributed by atoms with Crippen LogP contribution in [0.15, 0.2) is 30.3 Å². The lowest BCUT2D eigenvalue weighted by molar-refractivity contribution is -0.264. The summed E-state index contributed by atoms with van der Waals surface area (Å²) in [5, 5.41) is 8.35. The first kappa shape index (κ1) is 14.9. The Hall–Kier alpha value is -2.18. The zero-order chi connectivity index (χ0) is 14.3. The fourth-order valence-electron chi connectivity index (χ4n) is 1.17. The molecule has 0 bridgehead atoms. The van der Waals surface area contributed by atoms with Crippen LogP contribution in [0.5, 0.6) is 5.75 Å². The summed E-state index contributed by atoms with van der Waals surface area (Å²) in [7, 11) is 0. The Morgan fingerprint density at radius 3 is 2.37 bits per heavy atom. The van der Waals surface area contributed by atoms with Crippen molar-refractivity contribution >= 4 is 11.9 Å². The van der Waals surface area contributed by atoms with Gasteiger partial charge in [0.2, 0.25) is 6.67 Å². The number of aliphatic carboxylic acids is 1. The van der Waals surface area contributed by atoms with Crippen LogP contribution in [0.1, 0.15) is 12.8 Å². The lowest BCUT2D eigenvalue weighted by atomic mass is 10.3. The third-order valence-corrected chi connectivity index (χ3v) is 1.98. The van der Waals surface area contributed by atoms with E-state index in [1.807, 2.05) is 0 Å². The Bertz CT molecular complexity index is 437. The van der Waals surface area contributed by atoms with Gasteiger partial charge in [0.15, 0.2) is 0 Å². The summed E-state index contributed by atoms with van der Waals surface area (Å²) in [4.78, 5) is 21.4. The molecule has 19 heavy (non-hydrogen) atoms. The Morgan fingerprint density at radius 2 is 1.84 bits per heavy atom. The molecule has 5 nitrogen and oxygen atoms in total. The highest BCUT2D eigenvalue weighted by atomic mass is 19.2. The first-order valence-electron chi connectivity index (χ1n) is 5.38. The lowest BCUT2D eigenvalue weighted by Crippen LogP contribution is -2.39. The van der Waals surface area contributed by atoms with Crippen molar-refractivity contribution in [1.29, 1.82) is 0 Å². The van der Waals surface area contributed by atoms with Crippen LogP contribution in [0.3, 0.4) is 0 Å². The van der Waals surface area contributed by atoms with Crippen LogP contribution < -0.4 is 4.74 Å². The number of ether oxygens (including phenoxy) is 2. The number of hydrogen-bond donors (Lipinski definition) is 1. The zero-order valence-corrected chi connectivity index (χ0v) is 9.84. The number of para-hydroxylation sites is 1. The molecule has 1 aromatic rings. The second kappa shape index (κ2) is 6.67. The molecule has 104 valence electrons. The number of carbonyl (C=O) groups is 2. The highest BCUT2D eigenvalue weighted by Crippen LogP contribution is 2.22. The highest BCUT2D eigenvalue weighted by molar-refractivity contribution is 5.76.